The molecule has 0 saturated heterocycles. The van der Waals surface area contributed by atoms with Gasteiger partial charge in [0.2, 0.25) is 0 Å². The van der Waals surface area contributed by atoms with Crippen LogP contribution in [0.1, 0.15) is 44.9 Å². The molecule has 3 heteroatoms. The molecule has 0 fully saturated rings. The Bertz CT molecular complexity index is 490. The van der Waals surface area contributed by atoms with E-state index < -0.39 is 6.10 Å². The molecule has 1 aromatic carbocycles. The fraction of sp³-hybridized carbons (Fsp3) is 0.500. The van der Waals surface area contributed by atoms with Crippen molar-refractivity contribution in [3.63, 3.8) is 0 Å². The zero-order chi connectivity index (χ0) is 12.3. The van der Waals surface area contributed by atoms with Gasteiger partial charge in [0.25, 0.3) is 0 Å². The zero-order valence-corrected chi connectivity index (χ0v) is 10.6. The normalized spacial score (nSPS) is 13.1. The van der Waals surface area contributed by atoms with E-state index in [4.69, 9.17) is 0 Å². The third-order valence-corrected chi connectivity index (χ3v) is 3.00. The summed E-state index contributed by atoms with van der Waals surface area (Å²) < 4.78 is 1.96. The predicted octanol–water partition coefficient (Wildman–Crippen LogP) is 3.28. The first kappa shape index (κ1) is 12.1. The summed E-state index contributed by atoms with van der Waals surface area (Å²) in [6, 6.07) is 8.04. The summed E-state index contributed by atoms with van der Waals surface area (Å²) in [5.74, 6) is 0. The van der Waals surface area contributed by atoms with Gasteiger partial charge >= 0.3 is 0 Å². The second kappa shape index (κ2) is 5.32. The summed E-state index contributed by atoms with van der Waals surface area (Å²) >= 11 is 0. The van der Waals surface area contributed by atoms with Crippen molar-refractivity contribution in [2.75, 3.05) is 0 Å². The predicted molar refractivity (Wildman–Crippen MR) is 69.9 cm³/mol. The van der Waals surface area contributed by atoms with Crippen molar-refractivity contribution in [3.05, 3.63) is 30.0 Å². The summed E-state index contributed by atoms with van der Waals surface area (Å²) in [5, 5.41) is 15.9. The van der Waals surface area contributed by atoms with Crippen LogP contribution >= 0.6 is 0 Å². The maximum Gasteiger partial charge on any atom is 0.0962 e. The number of aromatic nitrogens is 2. The van der Waals surface area contributed by atoms with E-state index in [9.17, 15) is 5.11 Å². The second-order valence-electron chi connectivity index (χ2n) is 4.43. The van der Waals surface area contributed by atoms with Crippen molar-refractivity contribution < 1.29 is 5.11 Å². The van der Waals surface area contributed by atoms with Crippen LogP contribution in [0.5, 0.6) is 0 Å². The largest absolute Gasteiger partial charge is 0.387 e. The van der Waals surface area contributed by atoms with Gasteiger partial charge in [-0.3, -0.25) is 4.68 Å². The molecule has 0 aliphatic heterocycles. The standard InChI is InChI=1S/C14H20N2O/c1-3-7-13(17)14-11-8-5-6-9-12(11)15-16(14)10-4-2/h5-6,8-9,13,17H,3-4,7,10H2,1-2H3/t13-/m1/s1. The molecule has 0 spiro atoms. The monoisotopic (exact) mass is 232 g/mol. The van der Waals surface area contributed by atoms with E-state index in [1.54, 1.807) is 0 Å². The Kier molecular flexibility index (Phi) is 3.79. The third kappa shape index (κ3) is 2.34. The summed E-state index contributed by atoms with van der Waals surface area (Å²) in [6.07, 6.45) is 2.39. The summed E-state index contributed by atoms with van der Waals surface area (Å²) in [7, 11) is 0. The first-order chi connectivity index (χ1) is 8.27. The van der Waals surface area contributed by atoms with E-state index in [-0.39, 0.29) is 0 Å². The number of aliphatic hydroxyl groups excluding tert-OH is 1. The minimum absolute atomic E-state index is 0.404. The fourth-order valence-corrected chi connectivity index (χ4v) is 2.24. The lowest BCUT2D eigenvalue weighted by Crippen LogP contribution is -2.09. The molecule has 1 N–H and O–H groups in total. The van der Waals surface area contributed by atoms with E-state index >= 15 is 0 Å². The minimum atomic E-state index is -0.404. The van der Waals surface area contributed by atoms with Gasteiger partial charge in [-0.15, -0.1) is 0 Å². The van der Waals surface area contributed by atoms with Crippen LogP contribution in [-0.2, 0) is 6.54 Å². The van der Waals surface area contributed by atoms with Crippen LogP contribution in [-0.4, -0.2) is 14.9 Å². The number of aliphatic hydroxyl groups is 1. The van der Waals surface area contributed by atoms with Gasteiger partial charge in [-0.1, -0.05) is 38.5 Å². The first-order valence-corrected chi connectivity index (χ1v) is 6.41. The first-order valence-electron chi connectivity index (χ1n) is 6.41. The van der Waals surface area contributed by atoms with Crippen molar-refractivity contribution in [1.82, 2.24) is 9.78 Å². The molecule has 0 radical (unpaired) electrons. The maximum atomic E-state index is 10.3. The van der Waals surface area contributed by atoms with E-state index in [2.05, 4.69) is 18.9 Å². The van der Waals surface area contributed by atoms with Crippen LogP contribution in [0.25, 0.3) is 10.9 Å². The molecule has 92 valence electrons. The van der Waals surface area contributed by atoms with Crippen LogP contribution < -0.4 is 0 Å². The molecule has 0 aliphatic rings. The fourth-order valence-electron chi connectivity index (χ4n) is 2.24. The zero-order valence-electron chi connectivity index (χ0n) is 10.6. The van der Waals surface area contributed by atoms with Crippen LogP contribution in [0.3, 0.4) is 0 Å². The lowest BCUT2D eigenvalue weighted by molar-refractivity contribution is 0.156. The van der Waals surface area contributed by atoms with Crippen molar-refractivity contribution in [1.29, 1.82) is 0 Å². The van der Waals surface area contributed by atoms with E-state index in [0.717, 1.165) is 42.4 Å². The number of aryl methyl sites for hydroxylation is 1. The molecule has 1 heterocycles. The Morgan fingerprint density at radius 2 is 2.00 bits per heavy atom. The molecule has 3 nitrogen and oxygen atoms in total. The quantitative estimate of drug-likeness (QED) is 0.859. The van der Waals surface area contributed by atoms with E-state index in [1.165, 1.54) is 0 Å². The van der Waals surface area contributed by atoms with Gasteiger partial charge in [0.1, 0.15) is 0 Å². The highest BCUT2D eigenvalue weighted by Crippen LogP contribution is 2.27. The van der Waals surface area contributed by atoms with Crippen molar-refractivity contribution >= 4 is 10.9 Å². The molecular formula is C14H20N2O. The summed E-state index contributed by atoms with van der Waals surface area (Å²) in [6.45, 7) is 5.08. The second-order valence-corrected chi connectivity index (χ2v) is 4.43. The van der Waals surface area contributed by atoms with Crippen molar-refractivity contribution in [2.45, 2.75) is 45.8 Å². The summed E-state index contributed by atoms with van der Waals surface area (Å²) in [4.78, 5) is 0. The Balaban J connectivity index is 2.51. The topological polar surface area (TPSA) is 38.1 Å². The van der Waals surface area contributed by atoms with Gasteiger partial charge in [-0.2, -0.15) is 5.10 Å². The molecule has 0 amide bonds. The molecule has 1 aromatic heterocycles. The Morgan fingerprint density at radius 3 is 2.71 bits per heavy atom. The Hall–Kier alpha value is -1.35. The number of nitrogens with zero attached hydrogens (tertiary/aromatic N) is 2. The Morgan fingerprint density at radius 1 is 1.24 bits per heavy atom. The number of hydrogen-bond acceptors (Lipinski definition) is 2. The van der Waals surface area contributed by atoms with Gasteiger partial charge in [-0.05, 0) is 18.9 Å². The Labute approximate surface area is 102 Å². The van der Waals surface area contributed by atoms with Crippen LogP contribution in [0.4, 0.5) is 0 Å². The molecule has 17 heavy (non-hydrogen) atoms. The maximum absolute atomic E-state index is 10.3. The number of rotatable bonds is 5. The number of benzene rings is 1. The SMILES string of the molecule is CCC[C@@H](O)c1c2ccccc2nn1CCC. The highest BCUT2D eigenvalue weighted by atomic mass is 16.3. The molecule has 0 saturated carbocycles. The average molecular weight is 232 g/mol. The van der Waals surface area contributed by atoms with Gasteiger partial charge in [0.15, 0.2) is 0 Å². The third-order valence-electron chi connectivity index (χ3n) is 3.00. The van der Waals surface area contributed by atoms with Crippen molar-refractivity contribution in [2.24, 2.45) is 0 Å². The smallest absolute Gasteiger partial charge is 0.0962 e. The van der Waals surface area contributed by atoms with E-state index in [1.807, 2.05) is 28.9 Å². The average Bonchev–Trinajstić information content (AvgIpc) is 2.67. The number of hydrogen-bond donors (Lipinski definition) is 1. The number of fused-ring (bicyclic) bond motifs is 1. The van der Waals surface area contributed by atoms with E-state index in [0.29, 0.717) is 0 Å². The van der Waals surface area contributed by atoms with Gasteiger partial charge in [0, 0.05) is 11.9 Å². The highest BCUT2D eigenvalue weighted by Gasteiger charge is 2.17. The minimum Gasteiger partial charge on any atom is -0.387 e. The molecule has 2 rings (SSSR count). The molecule has 0 bridgehead atoms. The molecule has 0 unspecified atom stereocenters. The van der Waals surface area contributed by atoms with Crippen molar-refractivity contribution in [3.8, 4) is 0 Å². The highest BCUT2D eigenvalue weighted by molar-refractivity contribution is 5.81. The van der Waals surface area contributed by atoms with Gasteiger partial charge < -0.3 is 5.11 Å². The molecule has 1 atom stereocenters. The van der Waals surface area contributed by atoms with Crippen LogP contribution in [0, 0.1) is 0 Å². The van der Waals surface area contributed by atoms with Gasteiger partial charge in [-0.25, -0.2) is 0 Å². The van der Waals surface area contributed by atoms with Crippen LogP contribution in [0.15, 0.2) is 24.3 Å². The lowest BCUT2D eigenvalue weighted by atomic mass is 10.1. The van der Waals surface area contributed by atoms with Crippen LogP contribution in [0.2, 0.25) is 0 Å². The molecular weight excluding hydrogens is 212 g/mol. The van der Waals surface area contributed by atoms with Gasteiger partial charge in [0.05, 0.1) is 17.3 Å². The summed E-state index contributed by atoms with van der Waals surface area (Å²) in [5.41, 5.74) is 1.95. The molecule has 0 aliphatic carbocycles. The lowest BCUT2D eigenvalue weighted by Gasteiger charge is -2.12. The molecule has 2 aromatic rings.